The van der Waals surface area contributed by atoms with Crippen LogP contribution >= 0.6 is 0 Å². The van der Waals surface area contributed by atoms with Crippen molar-refractivity contribution in [3.05, 3.63) is 18.4 Å². The standard InChI is InChI=1S/C22H42/c1-8-11-12-16-21(14-9-2)17-13-15-19(4)20(5)22(6,7)18-10-3/h11,19-21H,1,9-10,12-18H2,2-7H3. The summed E-state index contributed by atoms with van der Waals surface area (Å²) >= 11 is 0. The molecule has 0 rings (SSSR count). The van der Waals surface area contributed by atoms with Crippen LogP contribution in [0.15, 0.2) is 18.4 Å². The first-order valence-corrected chi connectivity index (χ1v) is 9.73. The predicted octanol–water partition coefficient (Wildman–Crippen LogP) is 7.79. The summed E-state index contributed by atoms with van der Waals surface area (Å²) in [4.78, 5) is 0. The van der Waals surface area contributed by atoms with Crippen molar-refractivity contribution >= 4 is 0 Å². The van der Waals surface area contributed by atoms with Gasteiger partial charge in [-0.05, 0) is 48.5 Å². The average Bonchev–Trinajstić information content (AvgIpc) is 2.46. The second-order valence-corrected chi connectivity index (χ2v) is 8.08. The summed E-state index contributed by atoms with van der Waals surface area (Å²) in [5.74, 6) is 2.57. The zero-order valence-electron chi connectivity index (χ0n) is 16.4. The zero-order chi connectivity index (χ0) is 17.0. The third-order valence-corrected chi connectivity index (χ3v) is 5.81. The fourth-order valence-electron chi connectivity index (χ4n) is 3.88. The maximum absolute atomic E-state index is 3.67. The van der Waals surface area contributed by atoms with Crippen LogP contribution < -0.4 is 0 Å². The minimum Gasteiger partial charge on any atom is -0.133 e. The molecule has 0 aromatic carbocycles. The Kier molecular flexibility index (Phi) is 11.7. The van der Waals surface area contributed by atoms with Gasteiger partial charge in [0, 0.05) is 0 Å². The van der Waals surface area contributed by atoms with Crippen molar-refractivity contribution in [2.45, 2.75) is 99.3 Å². The SMILES string of the molecule is C=C=CCCC(CCC)CCCC(C)C(C)C(C)(C)CCC. The molecule has 0 amide bonds. The molecule has 0 radical (unpaired) electrons. The number of allylic oxidation sites excluding steroid dienone is 1. The van der Waals surface area contributed by atoms with Gasteiger partial charge in [-0.1, -0.05) is 86.6 Å². The number of hydrogen-bond donors (Lipinski definition) is 0. The van der Waals surface area contributed by atoms with Gasteiger partial charge < -0.3 is 0 Å². The highest BCUT2D eigenvalue weighted by atomic mass is 14.3. The maximum Gasteiger partial charge on any atom is -0.0272 e. The van der Waals surface area contributed by atoms with E-state index in [1.54, 1.807) is 0 Å². The molecule has 22 heavy (non-hydrogen) atoms. The largest absolute Gasteiger partial charge is 0.133 e. The van der Waals surface area contributed by atoms with Crippen LogP contribution in [0, 0.1) is 23.2 Å². The molecule has 0 bridgehead atoms. The van der Waals surface area contributed by atoms with Crippen LogP contribution in [0.3, 0.4) is 0 Å². The Labute approximate surface area is 141 Å². The Bertz CT molecular complexity index is 306. The molecule has 3 unspecified atom stereocenters. The van der Waals surface area contributed by atoms with Crippen molar-refractivity contribution in [3.8, 4) is 0 Å². The van der Waals surface area contributed by atoms with Gasteiger partial charge >= 0.3 is 0 Å². The summed E-state index contributed by atoms with van der Waals surface area (Å²) in [6, 6.07) is 0. The van der Waals surface area contributed by atoms with Crippen LogP contribution in [-0.4, -0.2) is 0 Å². The molecule has 0 saturated heterocycles. The average molecular weight is 307 g/mol. The highest BCUT2D eigenvalue weighted by Crippen LogP contribution is 2.38. The first-order chi connectivity index (χ1) is 10.4. The summed E-state index contributed by atoms with van der Waals surface area (Å²) in [7, 11) is 0. The van der Waals surface area contributed by atoms with E-state index in [0.717, 1.165) is 24.2 Å². The van der Waals surface area contributed by atoms with E-state index in [9.17, 15) is 0 Å². The lowest BCUT2D eigenvalue weighted by Crippen LogP contribution is -2.27. The Morgan fingerprint density at radius 1 is 1.00 bits per heavy atom. The summed E-state index contributed by atoms with van der Waals surface area (Å²) in [5, 5.41) is 0. The third kappa shape index (κ3) is 8.84. The highest BCUT2D eigenvalue weighted by molar-refractivity contribution is 4.80. The molecule has 0 aliphatic rings. The van der Waals surface area contributed by atoms with E-state index in [-0.39, 0.29) is 0 Å². The van der Waals surface area contributed by atoms with Gasteiger partial charge in [-0.25, -0.2) is 0 Å². The van der Waals surface area contributed by atoms with Crippen molar-refractivity contribution in [2.24, 2.45) is 23.2 Å². The van der Waals surface area contributed by atoms with Gasteiger partial charge in [-0.3, -0.25) is 0 Å². The van der Waals surface area contributed by atoms with E-state index in [4.69, 9.17) is 0 Å². The molecule has 0 saturated carbocycles. The second-order valence-electron chi connectivity index (χ2n) is 8.08. The molecule has 0 heteroatoms. The molecule has 130 valence electrons. The van der Waals surface area contributed by atoms with Gasteiger partial charge in [0.2, 0.25) is 0 Å². The Balaban J connectivity index is 4.20. The highest BCUT2D eigenvalue weighted by Gasteiger charge is 2.28. The lowest BCUT2D eigenvalue weighted by molar-refractivity contribution is 0.142. The molecule has 0 aliphatic heterocycles. The molecule has 0 nitrogen and oxygen atoms in total. The van der Waals surface area contributed by atoms with Crippen LogP contribution in [0.5, 0.6) is 0 Å². The normalized spacial score (nSPS) is 15.9. The van der Waals surface area contributed by atoms with Crippen molar-refractivity contribution in [1.82, 2.24) is 0 Å². The molecule has 0 fully saturated rings. The van der Waals surface area contributed by atoms with Gasteiger partial charge in [0.25, 0.3) is 0 Å². The summed E-state index contributed by atoms with van der Waals surface area (Å²) < 4.78 is 0. The van der Waals surface area contributed by atoms with Crippen molar-refractivity contribution < 1.29 is 0 Å². The molecule has 0 aliphatic carbocycles. The summed E-state index contributed by atoms with van der Waals surface area (Å²) in [6.07, 6.45) is 14.1. The van der Waals surface area contributed by atoms with Crippen LogP contribution in [-0.2, 0) is 0 Å². The van der Waals surface area contributed by atoms with E-state index in [1.165, 1.54) is 51.4 Å². The fourth-order valence-corrected chi connectivity index (χ4v) is 3.88. The molecule has 0 aromatic rings. The van der Waals surface area contributed by atoms with Gasteiger partial charge in [-0.15, -0.1) is 5.73 Å². The molecule has 0 heterocycles. The van der Waals surface area contributed by atoms with Gasteiger partial charge in [0.15, 0.2) is 0 Å². The molecule has 0 spiro atoms. The van der Waals surface area contributed by atoms with Gasteiger partial charge in [0.05, 0.1) is 0 Å². The first-order valence-electron chi connectivity index (χ1n) is 9.73. The number of hydrogen-bond acceptors (Lipinski definition) is 0. The topological polar surface area (TPSA) is 0 Å². The lowest BCUT2D eigenvalue weighted by atomic mass is 9.69. The minimum atomic E-state index is 0.492. The maximum atomic E-state index is 3.67. The van der Waals surface area contributed by atoms with Crippen molar-refractivity contribution in [1.29, 1.82) is 0 Å². The zero-order valence-corrected chi connectivity index (χ0v) is 16.4. The summed E-state index contributed by atoms with van der Waals surface area (Å²) in [5.41, 5.74) is 3.40. The van der Waals surface area contributed by atoms with Gasteiger partial charge in [0.1, 0.15) is 0 Å². The molecular weight excluding hydrogens is 264 g/mol. The Morgan fingerprint density at radius 3 is 2.23 bits per heavy atom. The van der Waals surface area contributed by atoms with Gasteiger partial charge in [-0.2, -0.15) is 0 Å². The van der Waals surface area contributed by atoms with Crippen LogP contribution in [0.25, 0.3) is 0 Å². The Hall–Kier alpha value is -0.480. The quantitative estimate of drug-likeness (QED) is 0.304. The molecular formula is C22H42. The first kappa shape index (κ1) is 21.5. The van der Waals surface area contributed by atoms with Crippen LogP contribution in [0.2, 0.25) is 0 Å². The van der Waals surface area contributed by atoms with Crippen molar-refractivity contribution in [2.75, 3.05) is 0 Å². The minimum absolute atomic E-state index is 0.492. The molecule has 3 atom stereocenters. The number of rotatable bonds is 13. The fraction of sp³-hybridized carbons (Fsp3) is 0.864. The second kappa shape index (κ2) is 12.0. The van der Waals surface area contributed by atoms with E-state index >= 15 is 0 Å². The van der Waals surface area contributed by atoms with E-state index in [0.29, 0.717) is 5.41 Å². The van der Waals surface area contributed by atoms with Crippen molar-refractivity contribution in [3.63, 3.8) is 0 Å². The monoisotopic (exact) mass is 306 g/mol. The lowest BCUT2D eigenvalue weighted by Gasteiger charge is -2.36. The summed E-state index contributed by atoms with van der Waals surface area (Å²) in [6.45, 7) is 18.1. The predicted molar refractivity (Wildman–Crippen MR) is 102 cm³/mol. The molecule has 0 aromatic heterocycles. The van der Waals surface area contributed by atoms with E-state index < -0.39 is 0 Å². The van der Waals surface area contributed by atoms with Crippen LogP contribution in [0.1, 0.15) is 99.3 Å². The van der Waals surface area contributed by atoms with Crippen LogP contribution in [0.4, 0.5) is 0 Å². The third-order valence-electron chi connectivity index (χ3n) is 5.81. The smallest absolute Gasteiger partial charge is 0.0272 e. The van der Waals surface area contributed by atoms with E-state index in [1.807, 2.05) is 0 Å². The van der Waals surface area contributed by atoms with E-state index in [2.05, 4.69) is 59.9 Å². The molecule has 0 N–H and O–H groups in total. The Morgan fingerprint density at radius 2 is 1.68 bits per heavy atom.